The Balaban J connectivity index is 2.00. The lowest BCUT2D eigenvalue weighted by atomic mass is 9.68. The summed E-state index contributed by atoms with van der Waals surface area (Å²) in [5.74, 6) is -0.0651. The van der Waals surface area contributed by atoms with Crippen molar-refractivity contribution in [2.24, 2.45) is 5.41 Å². The number of morpholine rings is 1. The van der Waals surface area contributed by atoms with Crippen molar-refractivity contribution in [3.8, 4) is 0 Å². The summed E-state index contributed by atoms with van der Waals surface area (Å²) in [7, 11) is 3.20. The van der Waals surface area contributed by atoms with Gasteiger partial charge in [-0.15, -0.1) is 0 Å². The summed E-state index contributed by atoms with van der Waals surface area (Å²) >= 11 is 0. The summed E-state index contributed by atoms with van der Waals surface area (Å²) in [6.45, 7) is 1.77. The number of rotatable bonds is 4. The van der Waals surface area contributed by atoms with Gasteiger partial charge in [0.25, 0.3) is 5.91 Å². The average Bonchev–Trinajstić information content (AvgIpc) is 2.41. The molecule has 1 unspecified atom stereocenters. The number of methoxy groups -OCH3 is 1. The van der Waals surface area contributed by atoms with Crippen molar-refractivity contribution in [3.05, 3.63) is 0 Å². The van der Waals surface area contributed by atoms with E-state index in [2.05, 4.69) is 5.32 Å². The van der Waals surface area contributed by atoms with Gasteiger partial charge in [-0.2, -0.15) is 0 Å². The van der Waals surface area contributed by atoms with E-state index in [1.807, 2.05) is 0 Å². The third kappa shape index (κ3) is 2.74. The fourth-order valence-electron chi connectivity index (χ4n) is 2.79. The van der Waals surface area contributed by atoms with Crippen LogP contribution in [0.25, 0.3) is 0 Å². The Morgan fingerprint density at radius 1 is 1.47 bits per heavy atom. The number of likely N-dealkylation sites (N-methyl/N-ethyl adjacent to an activating group) is 1. The van der Waals surface area contributed by atoms with Gasteiger partial charge in [-0.05, 0) is 12.8 Å². The summed E-state index contributed by atoms with van der Waals surface area (Å²) in [5, 5.41) is 2.56. The minimum absolute atomic E-state index is 0.109. The van der Waals surface area contributed by atoms with Crippen molar-refractivity contribution in [2.75, 3.05) is 40.5 Å². The first-order chi connectivity index (χ1) is 9.13. The van der Waals surface area contributed by atoms with Gasteiger partial charge in [0.05, 0.1) is 25.2 Å². The molecule has 0 radical (unpaired) electrons. The van der Waals surface area contributed by atoms with Crippen LogP contribution in [0, 0.1) is 5.41 Å². The van der Waals surface area contributed by atoms with Crippen molar-refractivity contribution < 1.29 is 19.1 Å². The van der Waals surface area contributed by atoms with Crippen molar-refractivity contribution in [2.45, 2.75) is 25.4 Å². The van der Waals surface area contributed by atoms with E-state index in [4.69, 9.17) is 9.47 Å². The van der Waals surface area contributed by atoms with Gasteiger partial charge in [-0.3, -0.25) is 9.59 Å². The molecular weight excluding hydrogens is 248 g/mol. The largest absolute Gasteiger partial charge is 0.384 e. The monoisotopic (exact) mass is 270 g/mol. The SMILES string of the molecule is CNC(=O)C1CN(C(=O)C2(COC)CCC2)CCO1. The zero-order valence-electron chi connectivity index (χ0n) is 11.6. The molecule has 2 rings (SSSR count). The van der Waals surface area contributed by atoms with Crippen LogP contribution in [0.5, 0.6) is 0 Å². The molecule has 2 aliphatic rings. The zero-order valence-corrected chi connectivity index (χ0v) is 11.6. The molecule has 2 fully saturated rings. The molecule has 0 spiro atoms. The lowest BCUT2D eigenvalue weighted by molar-refractivity contribution is -0.161. The summed E-state index contributed by atoms with van der Waals surface area (Å²) < 4.78 is 10.6. The highest BCUT2D eigenvalue weighted by Crippen LogP contribution is 2.42. The van der Waals surface area contributed by atoms with E-state index in [0.29, 0.717) is 26.3 Å². The first kappa shape index (κ1) is 14.3. The fourth-order valence-corrected chi connectivity index (χ4v) is 2.79. The number of nitrogens with one attached hydrogen (secondary N) is 1. The number of carbonyl (C=O) groups excluding carboxylic acids is 2. The molecule has 0 aromatic rings. The Kier molecular flexibility index (Phi) is 4.42. The van der Waals surface area contributed by atoms with Crippen LogP contribution in [0.3, 0.4) is 0 Å². The average molecular weight is 270 g/mol. The molecule has 2 amide bonds. The molecule has 6 heteroatoms. The standard InChI is InChI=1S/C13H22N2O4/c1-14-11(16)10-8-15(6-7-19-10)12(17)13(9-18-2)4-3-5-13/h10H,3-9H2,1-2H3,(H,14,16). The van der Waals surface area contributed by atoms with E-state index < -0.39 is 6.10 Å². The molecule has 1 saturated carbocycles. The Morgan fingerprint density at radius 2 is 2.21 bits per heavy atom. The molecule has 0 aromatic heterocycles. The molecule has 1 aliphatic carbocycles. The molecule has 6 nitrogen and oxygen atoms in total. The molecular formula is C13H22N2O4. The van der Waals surface area contributed by atoms with Gasteiger partial charge >= 0.3 is 0 Å². The Bertz CT molecular complexity index is 355. The number of nitrogens with zero attached hydrogens (tertiary/aromatic N) is 1. The van der Waals surface area contributed by atoms with E-state index in [-0.39, 0.29) is 17.2 Å². The lowest BCUT2D eigenvalue weighted by Gasteiger charge is -2.44. The van der Waals surface area contributed by atoms with Crippen molar-refractivity contribution in [3.63, 3.8) is 0 Å². The van der Waals surface area contributed by atoms with Gasteiger partial charge < -0.3 is 19.7 Å². The van der Waals surface area contributed by atoms with Gasteiger partial charge in [-0.1, -0.05) is 6.42 Å². The maximum absolute atomic E-state index is 12.6. The highest BCUT2D eigenvalue weighted by Gasteiger charge is 2.47. The minimum atomic E-state index is -0.553. The molecule has 0 bridgehead atoms. The van der Waals surface area contributed by atoms with Crippen molar-refractivity contribution in [1.29, 1.82) is 0 Å². The van der Waals surface area contributed by atoms with Gasteiger partial charge in [-0.25, -0.2) is 0 Å². The Morgan fingerprint density at radius 3 is 2.74 bits per heavy atom. The van der Waals surface area contributed by atoms with Gasteiger partial charge in [0, 0.05) is 20.7 Å². The van der Waals surface area contributed by atoms with Gasteiger partial charge in [0.1, 0.15) is 0 Å². The maximum atomic E-state index is 12.6. The van der Waals surface area contributed by atoms with E-state index in [0.717, 1.165) is 19.3 Å². The quantitative estimate of drug-likeness (QED) is 0.766. The fraction of sp³-hybridized carbons (Fsp3) is 0.846. The van der Waals surface area contributed by atoms with Crippen LogP contribution in [0.2, 0.25) is 0 Å². The highest BCUT2D eigenvalue weighted by molar-refractivity contribution is 5.86. The Hall–Kier alpha value is -1.14. The van der Waals surface area contributed by atoms with Crippen LogP contribution in [-0.2, 0) is 19.1 Å². The summed E-state index contributed by atoms with van der Waals surface area (Å²) in [6, 6.07) is 0. The topological polar surface area (TPSA) is 67.9 Å². The van der Waals surface area contributed by atoms with E-state index in [1.165, 1.54) is 0 Å². The molecule has 19 heavy (non-hydrogen) atoms. The summed E-state index contributed by atoms with van der Waals surface area (Å²) in [4.78, 5) is 26.0. The van der Waals surface area contributed by atoms with Crippen LogP contribution in [0.1, 0.15) is 19.3 Å². The van der Waals surface area contributed by atoms with E-state index in [1.54, 1.807) is 19.1 Å². The maximum Gasteiger partial charge on any atom is 0.250 e. The normalized spacial score (nSPS) is 25.6. The highest BCUT2D eigenvalue weighted by atomic mass is 16.5. The number of amides is 2. The first-order valence-corrected chi connectivity index (χ1v) is 6.74. The van der Waals surface area contributed by atoms with Gasteiger partial charge in [0.15, 0.2) is 6.10 Å². The number of hydrogen-bond acceptors (Lipinski definition) is 4. The lowest BCUT2D eigenvalue weighted by Crippen LogP contribution is -2.57. The van der Waals surface area contributed by atoms with E-state index in [9.17, 15) is 9.59 Å². The molecule has 1 N–H and O–H groups in total. The second-order valence-electron chi connectivity index (χ2n) is 5.29. The van der Waals surface area contributed by atoms with E-state index >= 15 is 0 Å². The van der Waals surface area contributed by atoms with Crippen LogP contribution < -0.4 is 5.32 Å². The molecule has 1 saturated heterocycles. The molecule has 1 atom stereocenters. The van der Waals surface area contributed by atoms with Crippen LogP contribution >= 0.6 is 0 Å². The predicted molar refractivity (Wildman–Crippen MR) is 68.5 cm³/mol. The Labute approximate surface area is 113 Å². The third-order valence-electron chi connectivity index (χ3n) is 4.08. The second-order valence-corrected chi connectivity index (χ2v) is 5.29. The predicted octanol–water partition coefficient (Wildman–Crippen LogP) is -0.223. The van der Waals surface area contributed by atoms with Crippen molar-refractivity contribution in [1.82, 2.24) is 10.2 Å². The first-order valence-electron chi connectivity index (χ1n) is 6.74. The second kappa shape index (κ2) is 5.88. The summed E-state index contributed by atoms with van der Waals surface area (Å²) in [6.07, 6.45) is 2.27. The molecule has 1 heterocycles. The van der Waals surface area contributed by atoms with Crippen LogP contribution in [0.4, 0.5) is 0 Å². The molecule has 108 valence electrons. The smallest absolute Gasteiger partial charge is 0.250 e. The zero-order chi connectivity index (χ0) is 13.9. The number of ether oxygens (including phenoxy) is 2. The van der Waals surface area contributed by atoms with Crippen LogP contribution in [0.15, 0.2) is 0 Å². The minimum Gasteiger partial charge on any atom is -0.384 e. The van der Waals surface area contributed by atoms with Crippen molar-refractivity contribution >= 4 is 11.8 Å². The number of carbonyl (C=O) groups is 2. The number of hydrogen-bond donors (Lipinski definition) is 1. The third-order valence-corrected chi connectivity index (χ3v) is 4.08. The van der Waals surface area contributed by atoms with Gasteiger partial charge in [0.2, 0.25) is 5.91 Å². The molecule has 0 aromatic carbocycles. The summed E-state index contributed by atoms with van der Waals surface area (Å²) in [5.41, 5.74) is -0.362. The molecule has 1 aliphatic heterocycles. The van der Waals surface area contributed by atoms with Crippen LogP contribution in [-0.4, -0.2) is 63.3 Å².